The van der Waals surface area contributed by atoms with Crippen LogP contribution in [0.3, 0.4) is 0 Å². The standard InChI is InChI=1S/C28H32ClF4N3O/c1-16-9-21-20-10-17(29)5-6-24(20)34-26(21)27(36(16)15-28(2,3)33)25-22(31)11-18(12-23(25)32)37-19-13-35(14-19)8-4-7-30/h5-6,10-12,16,19,27,34H,4,7-9,13-15H2,1-3H3/t16-,27-/m0/s1. The molecule has 0 aliphatic carbocycles. The third-order valence-electron chi connectivity index (χ3n) is 7.29. The number of likely N-dealkylation sites (tertiary alicyclic amines) is 1. The number of nitrogens with zero attached hydrogens (tertiary/aromatic N) is 2. The molecule has 5 rings (SSSR count). The van der Waals surface area contributed by atoms with Gasteiger partial charge in [0.2, 0.25) is 0 Å². The molecule has 0 saturated carbocycles. The fraction of sp³-hybridized carbons (Fsp3) is 0.500. The first kappa shape index (κ1) is 26.3. The number of rotatable bonds is 8. The Labute approximate surface area is 219 Å². The van der Waals surface area contributed by atoms with Crippen LogP contribution in [0.4, 0.5) is 17.6 Å². The van der Waals surface area contributed by atoms with Crippen molar-refractivity contribution in [2.24, 2.45) is 0 Å². The van der Waals surface area contributed by atoms with Crippen molar-refractivity contribution in [1.29, 1.82) is 0 Å². The summed E-state index contributed by atoms with van der Waals surface area (Å²) in [6.45, 7) is 6.33. The number of benzene rings is 2. The van der Waals surface area contributed by atoms with E-state index in [9.17, 15) is 8.78 Å². The quantitative estimate of drug-likeness (QED) is 0.328. The Morgan fingerprint density at radius 1 is 1.14 bits per heavy atom. The summed E-state index contributed by atoms with van der Waals surface area (Å²) < 4.78 is 64.6. The molecule has 4 nitrogen and oxygen atoms in total. The zero-order chi connectivity index (χ0) is 26.5. The largest absolute Gasteiger partial charge is 0.488 e. The maximum Gasteiger partial charge on any atom is 0.135 e. The normalized spacial score (nSPS) is 21.3. The SMILES string of the molecule is C[C@H]1Cc2c([nH]c3ccc(Cl)cc23)[C@H](c2c(F)cc(OC3CN(CCCF)C3)cc2F)N1CC(C)(C)F. The number of halogens is 5. The lowest BCUT2D eigenvalue weighted by Gasteiger charge is -2.43. The molecule has 3 heterocycles. The Kier molecular flexibility index (Phi) is 7.20. The fourth-order valence-electron chi connectivity index (χ4n) is 5.66. The molecule has 2 aliphatic rings. The van der Waals surface area contributed by atoms with Gasteiger partial charge in [0, 0.05) is 71.5 Å². The van der Waals surface area contributed by atoms with Gasteiger partial charge in [0.15, 0.2) is 0 Å². The number of ether oxygens (including phenoxy) is 1. The molecule has 1 fully saturated rings. The lowest BCUT2D eigenvalue weighted by Crippen LogP contribution is -2.53. The van der Waals surface area contributed by atoms with Crippen molar-refractivity contribution in [3.8, 4) is 5.75 Å². The second-order valence-electron chi connectivity index (χ2n) is 10.9. The molecule has 0 spiro atoms. The van der Waals surface area contributed by atoms with E-state index in [1.165, 1.54) is 26.0 Å². The monoisotopic (exact) mass is 537 g/mol. The number of nitrogens with one attached hydrogen (secondary N) is 1. The van der Waals surface area contributed by atoms with E-state index in [0.717, 1.165) is 16.5 Å². The summed E-state index contributed by atoms with van der Waals surface area (Å²) in [6.07, 6.45) is 0.846. The minimum Gasteiger partial charge on any atom is -0.488 e. The van der Waals surface area contributed by atoms with Crippen LogP contribution >= 0.6 is 11.6 Å². The Bertz CT molecular complexity index is 1260. The molecule has 0 radical (unpaired) electrons. The molecule has 2 aromatic carbocycles. The molecule has 3 aromatic rings. The Hall–Kier alpha value is -2.29. The molecular formula is C28H32ClF4N3O. The van der Waals surface area contributed by atoms with Crippen molar-refractivity contribution in [1.82, 2.24) is 14.8 Å². The number of aromatic amines is 1. The van der Waals surface area contributed by atoms with Gasteiger partial charge in [-0.1, -0.05) is 11.6 Å². The summed E-state index contributed by atoms with van der Waals surface area (Å²) >= 11 is 6.26. The summed E-state index contributed by atoms with van der Waals surface area (Å²) in [5.74, 6) is -1.38. The first-order valence-electron chi connectivity index (χ1n) is 12.7. The highest BCUT2D eigenvalue weighted by Crippen LogP contribution is 2.44. The van der Waals surface area contributed by atoms with Gasteiger partial charge in [-0.2, -0.15) is 0 Å². The maximum absolute atomic E-state index is 15.7. The van der Waals surface area contributed by atoms with E-state index in [-0.39, 0.29) is 36.7 Å². The van der Waals surface area contributed by atoms with Crippen LogP contribution in [0.25, 0.3) is 10.9 Å². The van der Waals surface area contributed by atoms with Crippen molar-refractivity contribution in [2.45, 2.75) is 57.5 Å². The molecule has 200 valence electrons. The summed E-state index contributed by atoms with van der Waals surface area (Å²) in [7, 11) is 0. The van der Waals surface area contributed by atoms with Gasteiger partial charge in [-0.3, -0.25) is 14.2 Å². The van der Waals surface area contributed by atoms with Gasteiger partial charge in [0.05, 0.1) is 12.7 Å². The smallest absolute Gasteiger partial charge is 0.135 e. The van der Waals surface area contributed by atoms with Crippen LogP contribution < -0.4 is 4.74 Å². The number of H-pyrrole nitrogens is 1. The van der Waals surface area contributed by atoms with Crippen LogP contribution in [-0.2, 0) is 6.42 Å². The summed E-state index contributed by atoms with van der Waals surface area (Å²) in [4.78, 5) is 7.22. The molecule has 0 amide bonds. The average molecular weight is 538 g/mol. The maximum atomic E-state index is 15.7. The van der Waals surface area contributed by atoms with E-state index in [1.54, 1.807) is 6.07 Å². The Balaban J connectivity index is 1.51. The number of alkyl halides is 2. The predicted octanol–water partition coefficient (Wildman–Crippen LogP) is 6.61. The molecular weight excluding hydrogens is 506 g/mol. The summed E-state index contributed by atoms with van der Waals surface area (Å²) in [5.41, 5.74) is 0.683. The molecule has 37 heavy (non-hydrogen) atoms. The number of hydrogen-bond donors (Lipinski definition) is 1. The zero-order valence-corrected chi connectivity index (χ0v) is 22.0. The van der Waals surface area contributed by atoms with Crippen LogP contribution in [-0.4, -0.2) is 65.5 Å². The molecule has 1 N–H and O–H groups in total. The number of aromatic nitrogens is 1. The lowest BCUT2D eigenvalue weighted by atomic mass is 9.87. The van der Waals surface area contributed by atoms with Gasteiger partial charge >= 0.3 is 0 Å². The molecule has 0 bridgehead atoms. The minimum absolute atomic E-state index is 0.00230. The number of fused-ring (bicyclic) bond motifs is 3. The second kappa shape index (κ2) is 10.1. The van der Waals surface area contributed by atoms with Crippen LogP contribution in [0.15, 0.2) is 30.3 Å². The van der Waals surface area contributed by atoms with Gasteiger partial charge in [-0.05, 0) is 57.4 Å². The lowest BCUT2D eigenvalue weighted by molar-refractivity contribution is 0.0179. The van der Waals surface area contributed by atoms with E-state index in [2.05, 4.69) is 4.98 Å². The first-order valence-corrected chi connectivity index (χ1v) is 13.1. The summed E-state index contributed by atoms with van der Waals surface area (Å²) in [5, 5.41) is 1.48. The van der Waals surface area contributed by atoms with Gasteiger partial charge in [-0.15, -0.1) is 0 Å². The molecule has 1 saturated heterocycles. The van der Waals surface area contributed by atoms with Crippen molar-refractivity contribution in [3.05, 3.63) is 63.8 Å². The van der Waals surface area contributed by atoms with E-state index in [0.29, 0.717) is 43.2 Å². The highest BCUT2D eigenvalue weighted by molar-refractivity contribution is 6.31. The number of hydrogen-bond acceptors (Lipinski definition) is 3. The molecule has 2 aliphatic heterocycles. The van der Waals surface area contributed by atoms with Crippen LogP contribution in [0, 0.1) is 11.6 Å². The van der Waals surface area contributed by atoms with Crippen LogP contribution in [0.5, 0.6) is 5.75 Å². The van der Waals surface area contributed by atoms with Crippen LogP contribution in [0.2, 0.25) is 5.02 Å². The van der Waals surface area contributed by atoms with Gasteiger partial charge in [-0.25, -0.2) is 13.2 Å². The van der Waals surface area contributed by atoms with E-state index >= 15 is 8.78 Å². The fourth-order valence-corrected chi connectivity index (χ4v) is 5.84. The third-order valence-corrected chi connectivity index (χ3v) is 7.53. The van der Waals surface area contributed by atoms with E-state index in [4.69, 9.17) is 16.3 Å². The van der Waals surface area contributed by atoms with Crippen LogP contribution in [0.1, 0.15) is 50.1 Å². The van der Waals surface area contributed by atoms with Crippen molar-refractivity contribution in [2.75, 3.05) is 32.9 Å². The van der Waals surface area contributed by atoms with E-state index < -0.39 is 23.3 Å². The average Bonchev–Trinajstić information content (AvgIpc) is 3.13. The van der Waals surface area contributed by atoms with Crippen molar-refractivity contribution >= 4 is 22.5 Å². The predicted molar refractivity (Wildman–Crippen MR) is 138 cm³/mol. The minimum atomic E-state index is -1.58. The topological polar surface area (TPSA) is 31.5 Å². The molecule has 1 aromatic heterocycles. The second-order valence-corrected chi connectivity index (χ2v) is 11.3. The molecule has 0 unspecified atom stereocenters. The third kappa shape index (κ3) is 5.33. The van der Waals surface area contributed by atoms with Gasteiger partial charge < -0.3 is 9.72 Å². The van der Waals surface area contributed by atoms with E-state index in [1.807, 2.05) is 28.9 Å². The molecule has 9 heteroatoms. The highest BCUT2D eigenvalue weighted by Gasteiger charge is 2.41. The van der Waals surface area contributed by atoms with Gasteiger partial charge in [0.25, 0.3) is 0 Å². The molecule has 2 atom stereocenters. The van der Waals surface area contributed by atoms with Crippen molar-refractivity contribution < 1.29 is 22.3 Å². The summed E-state index contributed by atoms with van der Waals surface area (Å²) in [6, 6.07) is 6.85. The highest BCUT2D eigenvalue weighted by atomic mass is 35.5. The van der Waals surface area contributed by atoms with Gasteiger partial charge in [0.1, 0.15) is 29.2 Å². The zero-order valence-electron chi connectivity index (χ0n) is 21.3. The Morgan fingerprint density at radius 3 is 2.49 bits per heavy atom. The first-order chi connectivity index (χ1) is 17.5. The van der Waals surface area contributed by atoms with Crippen molar-refractivity contribution in [3.63, 3.8) is 0 Å². The Morgan fingerprint density at radius 2 is 1.84 bits per heavy atom.